The van der Waals surface area contributed by atoms with Crippen LogP contribution in [-0.2, 0) is 22.9 Å². The van der Waals surface area contributed by atoms with Gasteiger partial charge < -0.3 is 10.1 Å². The standard InChI is InChI=1S/C21H28N2O4S/c1-5-13-22-28(25,26)19-14-17(11-12-18(19)27-4)21(24)23-20-15(6-2)9-8-10-16(20)7-3/h8-12,14,22H,5-7,13H2,1-4H3,(H,23,24). The fourth-order valence-corrected chi connectivity index (χ4v) is 4.26. The van der Waals surface area contributed by atoms with Gasteiger partial charge >= 0.3 is 0 Å². The number of ether oxygens (including phenoxy) is 1. The second kappa shape index (κ2) is 9.71. The lowest BCUT2D eigenvalue weighted by molar-refractivity contribution is 0.102. The van der Waals surface area contributed by atoms with E-state index in [1.807, 2.05) is 39.0 Å². The van der Waals surface area contributed by atoms with Crippen molar-refractivity contribution in [3.05, 3.63) is 53.1 Å². The van der Waals surface area contributed by atoms with Gasteiger partial charge in [-0.15, -0.1) is 0 Å². The Hall–Kier alpha value is -2.38. The minimum atomic E-state index is -3.77. The third-order valence-electron chi connectivity index (χ3n) is 4.49. The van der Waals surface area contributed by atoms with Gasteiger partial charge in [0.05, 0.1) is 7.11 Å². The van der Waals surface area contributed by atoms with E-state index in [-0.39, 0.29) is 22.1 Å². The smallest absolute Gasteiger partial charge is 0.255 e. The summed E-state index contributed by atoms with van der Waals surface area (Å²) < 4.78 is 32.9. The van der Waals surface area contributed by atoms with Crippen molar-refractivity contribution >= 4 is 21.6 Å². The minimum Gasteiger partial charge on any atom is -0.495 e. The molecule has 6 nitrogen and oxygen atoms in total. The first-order valence-electron chi connectivity index (χ1n) is 9.47. The maximum absolute atomic E-state index is 12.9. The zero-order chi connectivity index (χ0) is 20.7. The summed E-state index contributed by atoms with van der Waals surface area (Å²) in [6, 6.07) is 10.4. The van der Waals surface area contributed by atoms with Crippen LogP contribution in [0.4, 0.5) is 5.69 Å². The number of carbonyl (C=O) groups excluding carboxylic acids is 1. The third kappa shape index (κ3) is 4.91. The van der Waals surface area contributed by atoms with E-state index < -0.39 is 10.0 Å². The predicted octanol–water partition coefficient (Wildman–Crippen LogP) is 3.76. The van der Waals surface area contributed by atoms with Crippen molar-refractivity contribution < 1.29 is 17.9 Å². The van der Waals surface area contributed by atoms with Gasteiger partial charge in [0.2, 0.25) is 10.0 Å². The van der Waals surface area contributed by atoms with E-state index >= 15 is 0 Å². The van der Waals surface area contributed by atoms with Crippen molar-refractivity contribution in [1.29, 1.82) is 0 Å². The van der Waals surface area contributed by atoms with E-state index in [1.54, 1.807) is 6.07 Å². The number of aryl methyl sites for hydroxylation is 2. The molecule has 0 fully saturated rings. The maximum atomic E-state index is 12.9. The Labute approximate surface area is 167 Å². The van der Waals surface area contributed by atoms with Crippen molar-refractivity contribution in [3.63, 3.8) is 0 Å². The van der Waals surface area contributed by atoms with E-state index in [9.17, 15) is 13.2 Å². The molecule has 0 aliphatic rings. The van der Waals surface area contributed by atoms with E-state index in [1.165, 1.54) is 19.2 Å². The van der Waals surface area contributed by atoms with Crippen LogP contribution in [0.25, 0.3) is 0 Å². The van der Waals surface area contributed by atoms with Gasteiger partial charge in [-0.2, -0.15) is 0 Å². The van der Waals surface area contributed by atoms with Gasteiger partial charge in [-0.3, -0.25) is 4.79 Å². The molecule has 0 saturated carbocycles. The highest BCUT2D eigenvalue weighted by Gasteiger charge is 2.22. The molecule has 0 aromatic heterocycles. The van der Waals surface area contributed by atoms with Crippen LogP contribution in [0.1, 0.15) is 48.7 Å². The second-order valence-electron chi connectivity index (χ2n) is 6.38. The Bertz CT molecular complexity index is 917. The van der Waals surface area contributed by atoms with Crippen LogP contribution in [-0.4, -0.2) is 28.0 Å². The summed E-state index contributed by atoms with van der Waals surface area (Å²) in [4.78, 5) is 12.8. The monoisotopic (exact) mass is 404 g/mol. The molecule has 2 aromatic rings. The number of hydrogen-bond donors (Lipinski definition) is 2. The number of benzene rings is 2. The molecular weight excluding hydrogens is 376 g/mol. The highest BCUT2D eigenvalue weighted by Crippen LogP contribution is 2.27. The average molecular weight is 405 g/mol. The summed E-state index contributed by atoms with van der Waals surface area (Å²) in [7, 11) is -2.37. The second-order valence-corrected chi connectivity index (χ2v) is 8.11. The number of anilines is 1. The number of nitrogens with one attached hydrogen (secondary N) is 2. The molecule has 1 amide bonds. The SMILES string of the molecule is CCCNS(=O)(=O)c1cc(C(=O)Nc2c(CC)cccc2CC)ccc1OC. The molecule has 2 rings (SSSR count). The molecule has 7 heteroatoms. The third-order valence-corrected chi connectivity index (χ3v) is 5.98. The lowest BCUT2D eigenvalue weighted by atomic mass is 10.0. The van der Waals surface area contributed by atoms with Crippen LogP contribution < -0.4 is 14.8 Å². The van der Waals surface area contributed by atoms with E-state index in [0.717, 1.165) is 29.7 Å². The lowest BCUT2D eigenvalue weighted by Gasteiger charge is -2.16. The van der Waals surface area contributed by atoms with Crippen molar-refractivity contribution in [2.45, 2.75) is 44.9 Å². The predicted molar refractivity (Wildman–Crippen MR) is 112 cm³/mol. The first-order valence-corrected chi connectivity index (χ1v) is 11.0. The normalized spacial score (nSPS) is 11.3. The number of amides is 1. The van der Waals surface area contributed by atoms with Crippen LogP contribution in [0.3, 0.4) is 0 Å². The van der Waals surface area contributed by atoms with Gasteiger partial charge in [-0.05, 0) is 48.6 Å². The van der Waals surface area contributed by atoms with Gasteiger partial charge in [0, 0.05) is 17.8 Å². The highest BCUT2D eigenvalue weighted by molar-refractivity contribution is 7.89. The fourth-order valence-electron chi connectivity index (χ4n) is 2.93. The molecule has 0 spiro atoms. The summed E-state index contributed by atoms with van der Waals surface area (Å²) in [5.41, 5.74) is 3.13. The molecule has 28 heavy (non-hydrogen) atoms. The van der Waals surface area contributed by atoms with Gasteiger partial charge in [-0.25, -0.2) is 13.1 Å². The lowest BCUT2D eigenvalue weighted by Crippen LogP contribution is -2.25. The molecule has 152 valence electrons. The van der Waals surface area contributed by atoms with Gasteiger partial charge in [-0.1, -0.05) is 39.0 Å². The fraction of sp³-hybridized carbons (Fsp3) is 0.381. The molecule has 0 saturated heterocycles. The quantitative estimate of drug-likeness (QED) is 0.666. The number of methoxy groups -OCH3 is 1. The Balaban J connectivity index is 2.42. The number of hydrogen-bond acceptors (Lipinski definition) is 4. The Morgan fingerprint density at radius 3 is 2.21 bits per heavy atom. The molecule has 0 heterocycles. The van der Waals surface area contributed by atoms with Gasteiger partial charge in [0.25, 0.3) is 5.91 Å². The average Bonchev–Trinajstić information content (AvgIpc) is 2.71. The molecular formula is C21H28N2O4S. The van der Waals surface area contributed by atoms with E-state index in [2.05, 4.69) is 10.0 Å². The zero-order valence-electron chi connectivity index (χ0n) is 16.8. The number of carbonyl (C=O) groups is 1. The van der Waals surface area contributed by atoms with E-state index in [4.69, 9.17) is 4.74 Å². The van der Waals surface area contributed by atoms with Crippen LogP contribution in [0.5, 0.6) is 5.75 Å². The molecule has 0 unspecified atom stereocenters. The first-order chi connectivity index (χ1) is 13.4. The van der Waals surface area contributed by atoms with Crippen molar-refractivity contribution in [1.82, 2.24) is 4.72 Å². The Kier molecular flexibility index (Phi) is 7.60. The van der Waals surface area contributed by atoms with Crippen molar-refractivity contribution in [2.24, 2.45) is 0 Å². The molecule has 0 radical (unpaired) electrons. The van der Waals surface area contributed by atoms with Gasteiger partial charge in [0.1, 0.15) is 10.6 Å². The summed E-state index contributed by atoms with van der Waals surface area (Å²) in [5, 5.41) is 2.96. The van der Waals surface area contributed by atoms with Crippen molar-refractivity contribution in [2.75, 3.05) is 19.0 Å². The molecule has 0 atom stereocenters. The summed E-state index contributed by atoms with van der Waals surface area (Å²) >= 11 is 0. The zero-order valence-corrected chi connectivity index (χ0v) is 17.7. The first kappa shape index (κ1) is 21.9. The molecule has 2 N–H and O–H groups in total. The number of sulfonamides is 1. The van der Waals surface area contributed by atoms with Crippen LogP contribution >= 0.6 is 0 Å². The van der Waals surface area contributed by atoms with E-state index in [0.29, 0.717) is 13.0 Å². The summed E-state index contributed by atoms with van der Waals surface area (Å²) in [6.45, 7) is 6.25. The topological polar surface area (TPSA) is 84.5 Å². The number of para-hydroxylation sites is 1. The minimum absolute atomic E-state index is 0.0457. The highest BCUT2D eigenvalue weighted by atomic mass is 32.2. The molecule has 2 aromatic carbocycles. The maximum Gasteiger partial charge on any atom is 0.255 e. The van der Waals surface area contributed by atoms with Crippen molar-refractivity contribution in [3.8, 4) is 5.75 Å². The van der Waals surface area contributed by atoms with Crippen LogP contribution in [0, 0.1) is 0 Å². The summed E-state index contributed by atoms with van der Waals surface area (Å²) in [6.07, 6.45) is 2.23. The van der Waals surface area contributed by atoms with Crippen LogP contribution in [0.15, 0.2) is 41.3 Å². The molecule has 0 aliphatic carbocycles. The Morgan fingerprint density at radius 2 is 1.68 bits per heavy atom. The molecule has 0 bridgehead atoms. The van der Waals surface area contributed by atoms with Gasteiger partial charge in [0.15, 0.2) is 0 Å². The van der Waals surface area contributed by atoms with Crippen LogP contribution in [0.2, 0.25) is 0 Å². The number of rotatable bonds is 9. The largest absolute Gasteiger partial charge is 0.495 e. The molecule has 0 aliphatic heterocycles. The summed E-state index contributed by atoms with van der Waals surface area (Å²) in [5.74, 6) is -0.159. The Morgan fingerprint density at radius 1 is 1.04 bits per heavy atom.